The summed E-state index contributed by atoms with van der Waals surface area (Å²) in [6.07, 6.45) is 6.34. The second-order valence-corrected chi connectivity index (χ2v) is 10.9. The Morgan fingerprint density at radius 1 is 1.12 bits per heavy atom. The van der Waals surface area contributed by atoms with E-state index in [1.807, 2.05) is 60.0 Å². The molecule has 2 N–H and O–H groups in total. The Morgan fingerprint density at radius 3 is 2.70 bits per heavy atom. The number of benzene rings is 2. The number of anilines is 2. The number of para-hydroxylation sites is 1. The van der Waals surface area contributed by atoms with Gasteiger partial charge in [-0.15, -0.1) is 11.3 Å². The van der Waals surface area contributed by atoms with Gasteiger partial charge < -0.3 is 10.4 Å². The number of aromatic nitrogens is 1. The monoisotopic (exact) mass is 479 g/mol. The predicted molar refractivity (Wildman–Crippen MR) is 134 cm³/mol. The van der Waals surface area contributed by atoms with E-state index in [-0.39, 0.29) is 10.8 Å². The van der Waals surface area contributed by atoms with Crippen LogP contribution in [0.25, 0.3) is 11.3 Å². The second kappa shape index (κ2) is 9.13. The van der Waals surface area contributed by atoms with Gasteiger partial charge in [-0.1, -0.05) is 60.7 Å². The fourth-order valence-electron chi connectivity index (χ4n) is 4.23. The maximum Gasteiger partial charge on any atom is 0.263 e. The van der Waals surface area contributed by atoms with Crippen LogP contribution in [0.4, 0.5) is 10.8 Å². The first-order valence-electron chi connectivity index (χ1n) is 11.0. The van der Waals surface area contributed by atoms with Gasteiger partial charge in [-0.25, -0.2) is 13.4 Å². The van der Waals surface area contributed by atoms with E-state index in [2.05, 4.69) is 10.3 Å². The van der Waals surface area contributed by atoms with E-state index >= 15 is 0 Å². The van der Waals surface area contributed by atoms with Crippen LogP contribution in [0.3, 0.4) is 0 Å². The number of rotatable bonds is 6. The predicted octanol–water partition coefficient (Wildman–Crippen LogP) is 4.78. The smallest absolute Gasteiger partial charge is 0.263 e. The van der Waals surface area contributed by atoms with E-state index in [9.17, 15) is 13.5 Å². The van der Waals surface area contributed by atoms with Gasteiger partial charge in [-0.3, -0.25) is 4.31 Å². The fraction of sp³-hybridized carbons (Fsp3) is 0.240. The molecule has 0 saturated carbocycles. The first-order chi connectivity index (χ1) is 16.0. The minimum absolute atomic E-state index is 0.248. The Kier molecular flexibility index (Phi) is 6.05. The van der Waals surface area contributed by atoms with E-state index in [4.69, 9.17) is 0 Å². The normalized spacial score (nSPS) is 19.0. The number of aryl methyl sites for hydroxylation is 1. The molecule has 8 heteroatoms. The molecule has 1 aliphatic heterocycles. The number of hydrogen-bond acceptors (Lipinski definition) is 6. The first-order valence-corrected chi connectivity index (χ1v) is 13.3. The molecule has 2 atom stereocenters. The van der Waals surface area contributed by atoms with E-state index < -0.39 is 16.3 Å². The van der Waals surface area contributed by atoms with Crippen LogP contribution < -0.4 is 9.62 Å². The number of sulfonamides is 1. The Bertz CT molecular complexity index is 1300. The lowest BCUT2D eigenvalue weighted by Gasteiger charge is -2.31. The van der Waals surface area contributed by atoms with Crippen LogP contribution in [0.15, 0.2) is 83.1 Å². The summed E-state index contributed by atoms with van der Waals surface area (Å²) in [5, 5.41) is 16.3. The quantitative estimate of drug-likeness (QED) is 0.497. The average Bonchev–Trinajstić information content (AvgIpc) is 3.33. The molecule has 2 aromatic carbocycles. The molecule has 0 saturated heterocycles. The molecule has 2 aliphatic rings. The van der Waals surface area contributed by atoms with Gasteiger partial charge >= 0.3 is 0 Å². The van der Waals surface area contributed by atoms with Crippen LogP contribution in [0.5, 0.6) is 0 Å². The van der Waals surface area contributed by atoms with Gasteiger partial charge in [0.05, 0.1) is 16.3 Å². The number of aliphatic hydroxyl groups excluding tert-OH is 1. The van der Waals surface area contributed by atoms with Crippen molar-refractivity contribution in [1.29, 1.82) is 0 Å². The van der Waals surface area contributed by atoms with Gasteiger partial charge in [0.1, 0.15) is 6.23 Å². The molecule has 3 aromatic rings. The summed E-state index contributed by atoms with van der Waals surface area (Å²) in [6.45, 7) is 0.478. The zero-order valence-electron chi connectivity index (χ0n) is 18.0. The minimum atomic E-state index is -3.64. The Balaban J connectivity index is 1.26. The van der Waals surface area contributed by atoms with Crippen molar-refractivity contribution in [3.05, 3.63) is 88.7 Å². The molecule has 1 aromatic heterocycles. The van der Waals surface area contributed by atoms with Crippen LogP contribution in [-0.2, 0) is 16.4 Å². The molecule has 2 unspecified atom stereocenters. The SMILES string of the molecule is O=S(=O)(C1=CCC(C(O)Nc2nc(-c3ccccc3)cs2)C=C1)N1CCCc2ccccc21. The summed E-state index contributed by atoms with van der Waals surface area (Å²) < 4.78 is 28.2. The Morgan fingerprint density at radius 2 is 1.91 bits per heavy atom. The number of nitrogens with zero attached hydrogens (tertiary/aromatic N) is 2. The summed E-state index contributed by atoms with van der Waals surface area (Å²) in [5.41, 5.74) is 3.69. The topological polar surface area (TPSA) is 82.5 Å². The first kappa shape index (κ1) is 21.9. The van der Waals surface area contributed by atoms with Gasteiger partial charge in [-0.2, -0.15) is 0 Å². The van der Waals surface area contributed by atoms with Gasteiger partial charge in [0, 0.05) is 23.4 Å². The lowest BCUT2D eigenvalue weighted by atomic mass is 9.99. The molecule has 5 rings (SSSR count). The standard InChI is InChI=1S/C25H25N3O3S2/c29-24(27-25-26-22(17-32-25)18-7-2-1-3-8-18)20-12-14-21(15-13-20)33(30,31)28-16-6-10-19-9-4-5-11-23(19)28/h1-5,7-9,11-12,14-15,17,20,24,29H,6,10,13,16H2,(H,26,27). The summed E-state index contributed by atoms with van der Waals surface area (Å²) in [6, 6.07) is 17.5. The van der Waals surface area contributed by atoms with Crippen molar-refractivity contribution in [2.45, 2.75) is 25.5 Å². The second-order valence-electron chi connectivity index (χ2n) is 8.17. The van der Waals surface area contributed by atoms with E-state index in [0.29, 0.717) is 18.1 Å². The van der Waals surface area contributed by atoms with Crippen molar-refractivity contribution in [1.82, 2.24) is 4.98 Å². The van der Waals surface area contributed by atoms with Crippen LogP contribution >= 0.6 is 11.3 Å². The van der Waals surface area contributed by atoms with E-state index in [1.165, 1.54) is 15.6 Å². The number of thiazole rings is 1. The number of nitrogens with one attached hydrogen (secondary N) is 1. The fourth-order valence-corrected chi connectivity index (χ4v) is 6.60. The van der Waals surface area contributed by atoms with Crippen LogP contribution in [0.1, 0.15) is 18.4 Å². The molecule has 0 amide bonds. The lowest BCUT2D eigenvalue weighted by Crippen LogP contribution is -2.36. The van der Waals surface area contributed by atoms with Crippen molar-refractivity contribution in [3.8, 4) is 11.3 Å². The van der Waals surface area contributed by atoms with Crippen LogP contribution in [0.2, 0.25) is 0 Å². The molecule has 0 bridgehead atoms. The third-order valence-electron chi connectivity index (χ3n) is 6.01. The molecular formula is C25H25N3O3S2. The molecule has 2 heterocycles. The van der Waals surface area contributed by atoms with Gasteiger partial charge in [0.2, 0.25) is 0 Å². The largest absolute Gasteiger partial charge is 0.373 e. The van der Waals surface area contributed by atoms with Crippen molar-refractivity contribution in [2.75, 3.05) is 16.2 Å². The molecule has 170 valence electrons. The number of fused-ring (bicyclic) bond motifs is 1. The summed E-state index contributed by atoms with van der Waals surface area (Å²) in [4.78, 5) is 4.84. The highest BCUT2D eigenvalue weighted by atomic mass is 32.2. The van der Waals surface area contributed by atoms with E-state index in [1.54, 1.807) is 18.2 Å². The number of allylic oxidation sites excluding steroid dienone is 2. The zero-order chi connectivity index (χ0) is 22.8. The lowest BCUT2D eigenvalue weighted by molar-refractivity contribution is 0.158. The summed E-state index contributed by atoms with van der Waals surface area (Å²) in [5.74, 6) is -0.248. The van der Waals surface area contributed by atoms with Gasteiger partial charge in [0.25, 0.3) is 10.0 Å². The van der Waals surface area contributed by atoms with Crippen molar-refractivity contribution >= 4 is 32.2 Å². The molecule has 1 aliphatic carbocycles. The van der Waals surface area contributed by atoms with Crippen LogP contribution in [-0.4, -0.2) is 31.3 Å². The molecule has 33 heavy (non-hydrogen) atoms. The highest BCUT2D eigenvalue weighted by Crippen LogP contribution is 2.34. The maximum absolute atomic E-state index is 13.3. The highest BCUT2D eigenvalue weighted by molar-refractivity contribution is 7.96. The van der Waals surface area contributed by atoms with Gasteiger partial charge in [-0.05, 0) is 37.0 Å². The van der Waals surface area contributed by atoms with Crippen molar-refractivity contribution in [3.63, 3.8) is 0 Å². The van der Waals surface area contributed by atoms with Crippen LogP contribution in [0, 0.1) is 5.92 Å². The Labute approximate surface area is 198 Å². The molecule has 0 spiro atoms. The molecular weight excluding hydrogens is 454 g/mol. The summed E-state index contributed by atoms with van der Waals surface area (Å²) in [7, 11) is -3.64. The third-order valence-corrected chi connectivity index (χ3v) is 8.64. The van der Waals surface area contributed by atoms with E-state index in [0.717, 1.165) is 35.3 Å². The average molecular weight is 480 g/mol. The number of aliphatic hydroxyl groups is 1. The summed E-state index contributed by atoms with van der Waals surface area (Å²) >= 11 is 1.43. The minimum Gasteiger partial charge on any atom is -0.373 e. The zero-order valence-corrected chi connectivity index (χ0v) is 19.6. The molecule has 6 nitrogen and oxygen atoms in total. The van der Waals surface area contributed by atoms with Gasteiger partial charge in [0.15, 0.2) is 5.13 Å². The molecule has 0 radical (unpaired) electrons. The maximum atomic E-state index is 13.3. The number of hydrogen-bond donors (Lipinski definition) is 2. The van der Waals surface area contributed by atoms with Crippen molar-refractivity contribution < 1.29 is 13.5 Å². The Hall–Kier alpha value is -2.94. The van der Waals surface area contributed by atoms with Crippen molar-refractivity contribution in [2.24, 2.45) is 5.92 Å². The highest BCUT2D eigenvalue weighted by Gasteiger charge is 2.31. The molecule has 0 fully saturated rings. The third kappa shape index (κ3) is 4.46.